The van der Waals surface area contributed by atoms with Crippen LogP contribution in [0.4, 0.5) is 0 Å². The molecule has 0 radical (unpaired) electrons. The normalized spacial score (nSPS) is 20.0. The summed E-state index contributed by atoms with van der Waals surface area (Å²) in [4.78, 5) is 13.6. The van der Waals surface area contributed by atoms with E-state index in [-0.39, 0.29) is 0 Å². The maximum absolute atomic E-state index is 11.8. The van der Waals surface area contributed by atoms with E-state index in [1.54, 1.807) is 0 Å². The number of rotatable bonds is 7. The smallest absolute Gasteiger partial charge is 0.222 e. The highest BCUT2D eigenvalue weighted by Gasteiger charge is 2.16. The fraction of sp³-hybridized carbons (Fsp3) is 0.917. The summed E-state index contributed by atoms with van der Waals surface area (Å²) in [6.45, 7) is 4.06. The lowest BCUT2D eigenvalue weighted by Gasteiger charge is -2.18. The Labute approximate surface area is 98.8 Å². The molecule has 1 heterocycles. The average Bonchev–Trinajstić information content (AvgIpc) is 2.79. The molecule has 1 rings (SSSR count). The Morgan fingerprint density at radius 2 is 2.38 bits per heavy atom. The molecule has 0 aromatic heterocycles. The van der Waals surface area contributed by atoms with E-state index in [9.17, 15) is 4.79 Å². The molecule has 1 saturated heterocycles. The summed E-state index contributed by atoms with van der Waals surface area (Å²) in [7, 11) is 3.85. The maximum atomic E-state index is 11.8. The molecule has 16 heavy (non-hydrogen) atoms. The van der Waals surface area contributed by atoms with Gasteiger partial charge in [0.25, 0.3) is 0 Å². The van der Waals surface area contributed by atoms with Crippen LogP contribution in [-0.2, 0) is 4.79 Å². The molecule has 4 heteroatoms. The SMILES string of the molecule is CNCCCN(C)C(=O)CCC1CCNC1. The fourth-order valence-electron chi connectivity index (χ4n) is 2.10. The van der Waals surface area contributed by atoms with Gasteiger partial charge < -0.3 is 15.5 Å². The minimum Gasteiger partial charge on any atom is -0.346 e. The van der Waals surface area contributed by atoms with Crippen molar-refractivity contribution in [2.45, 2.75) is 25.7 Å². The molecule has 2 N–H and O–H groups in total. The standard InChI is InChI=1S/C12H25N3O/c1-13-7-3-9-15(2)12(16)5-4-11-6-8-14-10-11/h11,13-14H,3-10H2,1-2H3. The van der Waals surface area contributed by atoms with Crippen molar-refractivity contribution in [3.05, 3.63) is 0 Å². The van der Waals surface area contributed by atoms with Gasteiger partial charge in [-0.25, -0.2) is 0 Å². The molecule has 1 amide bonds. The highest BCUT2D eigenvalue weighted by atomic mass is 16.2. The van der Waals surface area contributed by atoms with Crippen molar-refractivity contribution < 1.29 is 4.79 Å². The molecule has 1 unspecified atom stereocenters. The fourth-order valence-corrected chi connectivity index (χ4v) is 2.10. The molecule has 1 aliphatic heterocycles. The minimum atomic E-state index is 0.294. The lowest BCUT2D eigenvalue weighted by atomic mass is 10.0. The van der Waals surface area contributed by atoms with Crippen molar-refractivity contribution in [3.63, 3.8) is 0 Å². The monoisotopic (exact) mass is 227 g/mol. The van der Waals surface area contributed by atoms with Gasteiger partial charge in [-0.1, -0.05) is 0 Å². The van der Waals surface area contributed by atoms with E-state index < -0.39 is 0 Å². The first-order valence-corrected chi connectivity index (χ1v) is 6.33. The summed E-state index contributed by atoms with van der Waals surface area (Å²) in [5.41, 5.74) is 0. The van der Waals surface area contributed by atoms with Crippen molar-refractivity contribution in [3.8, 4) is 0 Å². The molecule has 0 aromatic rings. The second kappa shape index (κ2) is 7.63. The van der Waals surface area contributed by atoms with Gasteiger partial charge in [0.05, 0.1) is 0 Å². The summed E-state index contributed by atoms with van der Waals surface area (Å²) in [5, 5.41) is 6.43. The van der Waals surface area contributed by atoms with Crippen LogP contribution in [0, 0.1) is 5.92 Å². The average molecular weight is 227 g/mol. The third kappa shape index (κ3) is 4.94. The van der Waals surface area contributed by atoms with Crippen molar-refractivity contribution >= 4 is 5.91 Å². The number of hydrogen-bond acceptors (Lipinski definition) is 3. The van der Waals surface area contributed by atoms with Crippen LogP contribution in [0.25, 0.3) is 0 Å². The van der Waals surface area contributed by atoms with Crippen LogP contribution in [0.15, 0.2) is 0 Å². The quantitative estimate of drug-likeness (QED) is 0.621. The molecule has 94 valence electrons. The largest absolute Gasteiger partial charge is 0.346 e. The zero-order valence-electron chi connectivity index (χ0n) is 10.6. The van der Waals surface area contributed by atoms with Crippen molar-refractivity contribution in [1.29, 1.82) is 0 Å². The first-order chi connectivity index (χ1) is 7.74. The van der Waals surface area contributed by atoms with Crippen molar-refractivity contribution in [2.24, 2.45) is 5.92 Å². The van der Waals surface area contributed by atoms with E-state index in [0.29, 0.717) is 12.3 Å². The first kappa shape index (κ1) is 13.5. The predicted molar refractivity (Wildman–Crippen MR) is 66.4 cm³/mol. The van der Waals surface area contributed by atoms with Gasteiger partial charge in [0.2, 0.25) is 5.91 Å². The Hall–Kier alpha value is -0.610. The third-order valence-corrected chi connectivity index (χ3v) is 3.27. The van der Waals surface area contributed by atoms with Gasteiger partial charge in [-0.2, -0.15) is 0 Å². The van der Waals surface area contributed by atoms with Crippen LogP contribution >= 0.6 is 0 Å². The molecular weight excluding hydrogens is 202 g/mol. The Morgan fingerprint density at radius 1 is 1.56 bits per heavy atom. The molecule has 0 saturated carbocycles. The summed E-state index contributed by atoms with van der Waals surface area (Å²) in [5.74, 6) is 1.01. The van der Waals surface area contributed by atoms with Gasteiger partial charge in [-0.05, 0) is 51.9 Å². The van der Waals surface area contributed by atoms with E-state index in [4.69, 9.17) is 0 Å². The van der Waals surface area contributed by atoms with Crippen LogP contribution in [-0.4, -0.2) is 51.1 Å². The number of nitrogens with one attached hydrogen (secondary N) is 2. The second-order valence-electron chi connectivity index (χ2n) is 4.67. The van der Waals surface area contributed by atoms with E-state index in [0.717, 1.165) is 44.9 Å². The predicted octanol–water partition coefficient (Wildman–Crippen LogP) is 0.444. The van der Waals surface area contributed by atoms with E-state index in [2.05, 4.69) is 10.6 Å². The molecule has 1 fully saturated rings. The van der Waals surface area contributed by atoms with Gasteiger partial charge in [0.15, 0.2) is 0 Å². The Balaban J connectivity index is 2.08. The molecule has 0 spiro atoms. The molecule has 0 aliphatic carbocycles. The van der Waals surface area contributed by atoms with Gasteiger partial charge in [0, 0.05) is 20.0 Å². The summed E-state index contributed by atoms with van der Waals surface area (Å²) in [6.07, 6.45) is 4.02. The molecule has 4 nitrogen and oxygen atoms in total. The number of amides is 1. The van der Waals surface area contributed by atoms with Gasteiger partial charge in [-0.15, -0.1) is 0 Å². The zero-order chi connectivity index (χ0) is 11.8. The topological polar surface area (TPSA) is 44.4 Å². The van der Waals surface area contributed by atoms with Crippen molar-refractivity contribution in [2.75, 3.05) is 40.3 Å². The zero-order valence-corrected chi connectivity index (χ0v) is 10.6. The van der Waals surface area contributed by atoms with Gasteiger partial charge in [0.1, 0.15) is 0 Å². The third-order valence-electron chi connectivity index (χ3n) is 3.27. The van der Waals surface area contributed by atoms with E-state index in [1.807, 2.05) is 19.0 Å². The van der Waals surface area contributed by atoms with Crippen LogP contribution in [0.2, 0.25) is 0 Å². The Bertz CT molecular complexity index is 202. The lowest BCUT2D eigenvalue weighted by Crippen LogP contribution is -2.29. The van der Waals surface area contributed by atoms with Crippen LogP contribution in [0.1, 0.15) is 25.7 Å². The Kier molecular flexibility index (Phi) is 6.42. The molecular formula is C12H25N3O. The lowest BCUT2D eigenvalue weighted by molar-refractivity contribution is -0.130. The van der Waals surface area contributed by atoms with Crippen LogP contribution in [0.5, 0.6) is 0 Å². The van der Waals surface area contributed by atoms with Crippen LogP contribution < -0.4 is 10.6 Å². The summed E-state index contributed by atoms with van der Waals surface area (Å²) >= 11 is 0. The Morgan fingerprint density at radius 3 is 3.00 bits per heavy atom. The van der Waals surface area contributed by atoms with Gasteiger partial charge in [-0.3, -0.25) is 4.79 Å². The first-order valence-electron chi connectivity index (χ1n) is 6.33. The number of carbonyl (C=O) groups is 1. The number of nitrogens with zero attached hydrogens (tertiary/aromatic N) is 1. The van der Waals surface area contributed by atoms with Crippen LogP contribution in [0.3, 0.4) is 0 Å². The molecule has 0 bridgehead atoms. The number of hydrogen-bond donors (Lipinski definition) is 2. The second-order valence-corrected chi connectivity index (χ2v) is 4.67. The highest BCUT2D eigenvalue weighted by Crippen LogP contribution is 2.14. The molecule has 1 aliphatic rings. The molecule has 1 atom stereocenters. The van der Waals surface area contributed by atoms with E-state index >= 15 is 0 Å². The van der Waals surface area contributed by atoms with Gasteiger partial charge >= 0.3 is 0 Å². The van der Waals surface area contributed by atoms with E-state index in [1.165, 1.54) is 6.42 Å². The minimum absolute atomic E-state index is 0.294. The maximum Gasteiger partial charge on any atom is 0.222 e. The number of carbonyl (C=O) groups excluding carboxylic acids is 1. The molecule has 0 aromatic carbocycles. The highest BCUT2D eigenvalue weighted by molar-refractivity contribution is 5.75. The summed E-state index contributed by atoms with van der Waals surface area (Å²) < 4.78 is 0. The summed E-state index contributed by atoms with van der Waals surface area (Å²) in [6, 6.07) is 0. The van der Waals surface area contributed by atoms with Crippen molar-refractivity contribution in [1.82, 2.24) is 15.5 Å².